The van der Waals surface area contributed by atoms with E-state index in [9.17, 15) is 14.9 Å². The van der Waals surface area contributed by atoms with Gasteiger partial charge in [-0.2, -0.15) is 5.26 Å². The minimum absolute atomic E-state index is 0.340. The molecular formula is C24H27N3O3. The summed E-state index contributed by atoms with van der Waals surface area (Å²) in [5, 5.41) is 10.5. The van der Waals surface area contributed by atoms with Crippen molar-refractivity contribution in [3.63, 3.8) is 0 Å². The molecule has 6 nitrogen and oxygen atoms in total. The molecule has 1 heterocycles. The Morgan fingerprint density at radius 3 is 2.60 bits per heavy atom. The Hall–Kier alpha value is -2.94. The summed E-state index contributed by atoms with van der Waals surface area (Å²) in [5.41, 5.74) is 1.30. The number of fused-ring (bicyclic) bond motifs is 1. The second-order valence-corrected chi connectivity index (χ2v) is 8.53. The Balaban J connectivity index is 1.55. The van der Waals surface area contributed by atoms with E-state index in [1.54, 1.807) is 20.0 Å². The Morgan fingerprint density at radius 2 is 1.93 bits per heavy atom. The van der Waals surface area contributed by atoms with Crippen LogP contribution in [0.4, 0.5) is 0 Å². The fraction of sp³-hybridized carbons (Fsp3) is 0.500. The van der Waals surface area contributed by atoms with Gasteiger partial charge in [-0.25, -0.2) is 4.79 Å². The first kappa shape index (κ1) is 20.3. The molecule has 1 aromatic carbocycles. The van der Waals surface area contributed by atoms with Crippen LogP contribution in [0.2, 0.25) is 0 Å². The van der Waals surface area contributed by atoms with Gasteiger partial charge in [-0.1, -0.05) is 37.5 Å². The summed E-state index contributed by atoms with van der Waals surface area (Å²) in [6, 6.07) is 11.6. The van der Waals surface area contributed by atoms with Crippen molar-refractivity contribution in [1.29, 1.82) is 5.26 Å². The fourth-order valence-corrected chi connectivity index (χ4v) is 4.37. The highest BCUT2D eigenvalue weighted by atomic mass is 16.5. The molecule has 0 bridgehead atoms. The van der Waals surface area contributed by atoms with Gasteiger partial charge in [0.1, 0.15) is 5.54 Å². The number of carbonyl (C=O) groups excluding carboxylic acids is 2. The number of hydrogen-bond acceptors (Lipinski definition) is 5. The maximum atomic E-state index is 13.0. The molecule has 1 aromatic heterocycles. The van der Waals surface area contributed by atoms with Gasteiger partial charge in [0.05, 0.1) is 17.1 Å². The van der Waals surface area contributed by atoms with Gasteiger partial charge in [-0.15, -0.1) is 0 Å². The molecule has 1 amide bonds. The van der Waals surface area contributed by atoms with Crippen LogP contribution in [-0.4, -0.2) is 40.5 Å². The average Bonchev–Trinajstić information content (AvgIpc) is 3.63. The molecule has 0 unspecified atom stereocenters. The van der Waals surface area contributed by atoms with Crippen LogP contribution in [0.25, 0.3) is 10.9 Å². The molecule has 6 heteroatoms. The molecule has 0 saturated heterocycles. The molecule has 1 atom stereocenters. The summed E-state index contributed by atoms with van der Waals surface area (Å²) in [7, 11) is 1.65. The summed E-state index contributed by atoms with van der Waals surface area (Å²) in [5.74, 6) is -0.472. The zero-order valence-corrected chi connectivity index (χ0v) is 17.6. The summed E-state index contributed by atoms with van der Waals surface area (Å²) in [6.45, 7) is 1.58. The molecular weight excluding hydrogens is 378 g/mol. The molecule has 156 valence electrons. The van der Waals surface area contributed by atoms with E-state index in [4.69, 9.17) is 4.74 Å². The van der Waals surface area contributed by atoms with E-state index in [1.165, 1.54) is 4.90 Å². The van der Waals surface area contributed by atoms with Gasteiger partial charge < -0.3 is 9.64 Å². The van der Waals surface area contributed by atoms with E-state index in [1.807, 2.05) is 24.3 Å². The van der Waals surface area contributed by atoms with E-state index < -0.39 is 17.6 Å². The third kappa shape index (κ3) is 3.77. The number of hydrogen-bond donors (Lipinski definition) is 0. The maximum Gasteiger partial charge on any atom is 0.339 e. The first-order valence-corrected chi connectivity index (χ1v) is 10.7. The minimum Gasteiger partial charge on any atom is -0.449 e. The lowest BCUT2D eigenvalue weighted by Gasteiger charge is -2.39. The lowest BCUT2D eigenvalue weighted by molar-refractivity contribution is -0.143. The van der Waals surface area contributed by atoms with Crippen molar-refractivity contribution in [1.82, 2.24) is 9.88 Å². The largest absolute Gasteiger partial charge is 0.449 e. The first-order chi connectivity index (χ1) is 14.4. The Kier molecular flexibility index (Phi) is 5.46. The van der Waals surface area contributed by atoms with E-state index in [-0.39, 0.29) is 5.91 Å². The van der Waals surface area contributed by atoms with Gasteiger partial charge in [-0.3, -0.25) is 9.78 Å². The number of benzene rings is 1. The molecule has 30 heavy (non-hydrogen) atoms. The molecule has 2 aliphatic carbocycles. The molecule has 2 saturated carbocycles. The van der Waals surface area contributed by atoms with Gasteiger partial charge in [0.15, 0.2) is 6.10 Å². The van der Waals surface area contributed by atoms with Crippen LogP contribution in [-0.2, 0) is 9.53 Å². The average molecular weight is 405 g/mol. The number of nitrogens with zero attached hydrogens (tertiary/aromatic N) is 3. The standard InChI is InChI=1S/C24H27N3O3/c1-16(22(28)27(2)24(15-25)12-6-3-7-13-24)30-23(29)19-14-21(17-10-11-17)26-20-9-5-4-8-18(19)20/h4-5,8-9,14,16-17H,3,6-7,10-13H2,1-2H3/t16-/m0/s1. The SMILES string of the molecule is C[C@H](OC(=O)c1cc(C2CC2)nc2ccccc12)C(=O)N(C)C1(C#N)CCCCC1. The van der Waals surface area contributed by atoms with Crippen molar-refractivity contribution >= 4 is 22.8 Å². The molecule has 2 aromatic rings. The minimum atomic E-state index is -0.967. The highest BCUT2D eigenvalue weighted by molar-refractivity contribution is 6.04. The van der Waals surface area contributed by atoms with Gasteiger partial charge in [0, 0.05) is 24.0 Å². The lowest BCUT2D eigenvalue weighted by atomic mass is 9.81. The number of rotatable bonds is 5. The molecule has 0 aliphatic heterocycles. The molecule has 0 radical (unpaired) electrons. The number of para-hydroxylation sites is 1. The number of pyridine rings is 1. The predicted molar refractivity (Wildman–Crippen MR) is 113 cm³/mol. The Bertz CT molecular complexity index is 1020. The van der Waals surface area contributed by atoms with E-state index in [0.29, 0.717) is 24.3 Å². The van der Waals surface area contributed by atoms with Crippen molar-refractivity contribution < 1.29 is 14.3 Å². The number of amides is 1. The van der Waals surface area contributed by atoms with Crippen LogP contribution in [0.1, 0.15) is 73.8 Å². The van der Waals surface area contributed by atoms with Crippen molar-refractivity contribution in [2.75, 3.05) is 7.05 Å². The predicted octanol–water partition coefficient (Wildman–Crippen LogP) is 4.34. The highest BCUT2D eigenvalue weighted by Crippen LogP contribution is 2.40. The number of likely N-dealkylation sites (N-methyl/N-ethyl adjacent to an activating group) is 1. The highest BCUT2D eigenvalue weighted by Gasteiger charge is 2.41. The van der Waals surface area contributed by atoms with Crippen LogP contribution >= 0.6 is 0 Å². The van der Waals surface area contributed by atoms with Crippen LogP contribution in [0, 0.1) is 11.3 Å². The van der Waals surface area contributed by atoms with Crippen LogP contribution in [0.3, 0.4) is 0 Å². The third-order valence-corrected chi connectivity index (χ3v) is 6.44. The fourth-order valence-electron chi connectivity index (χ4n) is 4.37. The number of nitriles is 1. The van der Waals surface area contributed by atoms with Gasteiger partial charge in [-0.05, 0) is 44.7 Å². The zero-order chi connectivity index (χ0) is 21.3. The number of aromatic nitrogens is 1. The monoisotopic (exact) mass is 405 g/mol. The number of esters is 1. The van der Waals surface area contributed by atoms with Crippen LogP contribution in [0.5, 0.6) is 0 Å². The van der Waals surface area contributed by atoms with E-state index >= 15 is 0 Å². The smallest absolute Gasteiger partial charge is 0.339 e. The van der Waals surface area contributed by atoms with E-state index in [2.05, 4.69) is 11.1 Å². The van der Waals surface area contributed by atoms with E-state index in [0.717, 1.165) is 48.7 Å². The quantitative estimate of drug-likeness (QED) is 0.691. The summed E-state index contributed by atoms with van der Waals surface area (Å²) in [6.07, 6.45) is 5.43. The molecule has 4 rings (SSSR count). The van der Waals surface area contributed by atoms with Crippen molar-refractivity contribution in [2.24, 2.45) is 0 Å². The van der Waals surface area contributed by atoms with Crippen molar-refractivity contribution in [2.45, 2.75) is 69.4 Å². The van der Waals surface area contributed by atoms with Crippen LogP contribution in [0.15, 0.2) is 30.3 Å². The maximum absolute atomic E-state index is 13.0. The summed E-state index contributed by atoms with van der Waals surface area (Å²) >= 11 is 0. The summed E-state index contributed by atoms with van der Waals surface area (Å²) in [4.78, 5) is 32.2. The van der Waals surface area contributed by atoms with Gasteiger partial charge in [0.2, 0.25) is 0 Å². The Morgan fingerprint density at radius 1 is 1.23 bits per heavy atom. The van der Waals surface area contributed by atoms with Crippen LogP contribution < -0.4 is 0 Å². The lowest BCUT2D eigenvalue weighted by Crippen LogP contribution is -2.53. The molecule has 0 N–H and O–H groups in total. The van der Waals surface area contributed by atoms with Crippen molar-refractivity contribution in [3.8, 4) is 6.07 Å². The van der Waals surface area contributed by atoms with Crippen molar-refractivity contribution in [3.05, 3.63) is 41.6 Å². The zero-order valence-electron chi connectivity index (χ0n) is 17.6. The second-order valence-electron chi connectivity index (χ2n) is 8.53. The second kappa shape index (κ2) is 8.06. The molecule has 2 aliphatic rings. The summed E-state index contributed by atoms with van der Waals surface area (Å²) < 4.78 is 5.60. The topological polar surface area (TPSA) is 83.3 Å². The van der Waals surface area contributed by atoms with Gasteiger partial charge in [0.25, 0.3) is 5.91 Å². The Labute approximate surface area is 176 Å². The third-order valence-electron chi connectivity index (χ3n) is 6.44. The molecule has 2 fully saturated rings. The molecule has 0 spiro atoms. The normalized spacial score (nSPS) is 19.0. The number of carbonyl (C=O) groups is 2. The number of ether oxygens (including phenoxy) is 1. The first-order valence-electron chi connectivity index (χ1n) is 10.7. The van der Waals surface area contributed by atoms with Gasteiger partial charge >= 0.3 is 5.97 Å².